The largest absolute Gasteiger partial charge is 0.467 e. The Kier molecular flexibility index (Phi) is 7.81. The standard InChI is InChI=1S/C20H25N3O5/c1-14(12-21)11-16(19(25)27-2)22-18(24)17-9-6-10-23(17)20(26)28-13-15-7-4-3-5-8-15/h3-5,7-8,14,16-17H,6,9-11,13H2,1-2H3,(H,22,24)/t14-,16-,17-/m1/s1. The monoisotopic (exact) mass is 387 g/mol. The number of hydrogen-bond donors (Lipinski definition) is 1. The maximum atomic E-state index is 12.7. The molecule has 1 saturated heterocycles. The molecule has 1 N–H and O–H groups in total. The van der Waals surface area contributed by atoms with Crippen LogP contribution in [0.2, 0.25) is 0 Å². The van der Waals surface area contributed by atoms with Gasteiger partial charge in [0.25, 0.3) is 0 Å². The van der Waals surface area contributed by atoms with Crippen molar-refractivity contribution in [2.75, 3.05) is 13.7 Å². The molecule has 0 bridgehead atoms. The Bertz CT molecular complexity index is 731. The highest BCUT2D eigenvalue weighted by Gasteiger charge is 2.37. The van der Waals surface area contributed by atoms with Gasteiger partial charge in [0.05, 0.1) is 13.2 Å². The van der Waals surface area contributed by atoms with Gasteiger partial charge >= 0.3 is 12.1 Å². The third-order valence-electron chi connectivity index (χ3n) is 4.61. The number of methoxy groups -OCH3 is 1. The quantitative estimate of drug-likeness (QED) is 0.717. The lowest BCUT2D eigenvalue weighted by molar-refractivity contribution is -0.146. The third-order valence-corrected chi connectivity index (χ3v) is 4.61. The summed E-state index contributed by atoms with van der Waals surface area (Å²) in [5, 5.41) is 11.6. The van der Waals surface area contributed by atoms with Crippen LogP contribution in [-0.2, 0) is 25.7 Å². The van der Waals surface area contributed by atoms with Crippen LogP contribution < -0.4 is 5.32 Å². The molecule has 0 aromatic heterocycles. The predicted octanol–water partition coefficient (Wildman–Crippen LogP) is 2.00. The van der Waals surface area contributed by atoms with E-state index >= 15 is 0 Å². The maximum absolute atomic E-state index is 12.7. The summed E-state index contributed by atoms with van der Waals surface area (Å²) in [6, 6.07) is 9.65. The molecule has 3 atom stereocenters. The molecule has 1 aliphatic heterocycles. The Labute approximate surface area is 164 Å². The van der Waals surface area contributed by atoms with Gasteiger partial charge in [0.2, 0.25) is 5.91 Å². The number of carbonyl (C=O) groups is 3. The van der Waals surface area contributed by atoms with Gasteiger partial charge in [-0.2, -0.15) is 5.26 Å². The van der Waals surface area contributed by atoms with Crippen molar-refractivity contribution in [1.82, 2.24) is 10.2 Å². The average molecular weight is 387 g/mol. The second-order valence-corrected chi connectivity index (χ2v) is 6.74. The summed E-state index contributed by atoms with van der Waals surface area (Å²) in [6.07, 6.45) is 0.714. The van der Waals surface area contributed by atoms with Crippen LogP contribution in [0.4, 0.5) is 4.79 Å². The van der Waals surface area contributed by atoms with E-state index in [4.69, 9.17) is 14.7 Å². The molecule has 0 unspecified atom stereocenters. The van der Waals surface area contributed by atoms with Crippen LogP contribution in [0, 0.1) is 17.2 Å². The summed E-state index contributed by atoms with van der Waals surface area (Å²) in [5.74, 6) is -1.50. The highest BCUT2D eigenvalue weighted by atomic mass is 16.6. The molecule has 2 amide bonds. The minimum atomic E-state index is -0.935. The molecule has 1 aromatic rings. The Morgan fingerprint density at radius 1 is 1.32 bits per heavy atom. The Morgan fingerprint density at radius 2 is 2.04 bits per heavy atom. The van der Waals surface area contributed by atoms with Gasteiger partial charge in [0, 0.05) is 12.5 Å². The molecule has 8 heteroatoms. The first kappa shape index (κ1) is 21.2. The van der Waals surface area contributed by atoms with Crippen LogP contribution >= 0.6 is 0 Å². The van der Waals surface area contributed by atoms with Gasteiger partial charge in [-0.3, -0.25) is 9.69 Å². The first-order valence-electron chi connectivity index (χ1n) is 9.21. The van der Waals surface area contributed by atoms with E-state index in [1.807, 2.05) is 36.4 Å². The van der Waals surface area contributed by atoms with Gasteiger partial charge in [0.15, 0.2) is 0 Å². The van der Waals surface area contributed by atoms with Gasteiger partial charge in [-0.1, -0.05) is 30.3 Å². The maximum Gasteiger partial charge on any atom is 0.410 e. The summed E-state index contributed by atoms with van der Waals surface area (Å²) in [4.78, 5) is 38.4. The molecule has 1 aliphatic rings. The van der Waals surface area contributed by atoms with Crippen molar-refractivity contribution in [2.45, 2.75) is 44.9 Å². The predicted molar refractivity (Wildman–Crippen MR) is 99.7 cm³/mol. The van der Waals surface area contributed by atoms with Crippen LogP contribution in [0.15, 0.2) is 30.3 Å². The second-order valence-electron chi connectivity index (χ2n) is 6.74. The van der Waals surface area contributed by atoms with Crippen LogP contribution in [0.25, 0.3) is 0 Å². The van der Waals surface area contributed by atoms with E-state index in [-0.39, 0.29) is 13.0 Å². The van der Waals surface area contributed by atoms with Crippen molar-refractivity contribution in [2.24, 2.45) is 5.92 Å². The molecular formula is C20H25N3O5. The van der Waals surface area contributed by atoms with E-state index < -0.39 is 36.0 Å². The Balaban J connectivity index is 1.97. The number of rotatable bonds is 7. The number of likely N-dealkylation sites (tertiary alicyclic amines) is 1. The van der Waals surface area contributed by atoms with Crippen molar-refractivity contribution in [3.05, 3.63) is 35.9 Å². The molecule has 2 rings (SSSR count). The normalized spacial score (nSPS) is 17.9. The summed E-state index contributed by atoms with van der Waals surface area (Å²) in [6.45, 7) is 2.18. The minimum Gasteiger partial charge on any atom is -0.467 e. The number of hydrogen-bond acceptors (Lipinski definition) is 6. The smallest absolute Gasteiger partial charge is 0.410 e. The van der Waals surface area contributed by atoms with Crippen LogP contribution in [-0.4, -0.2) is 48.6 Å². The van der Waals surface area contributed by atoms with Crippen molar-refractivity contribution >= 4 is 18.0 Å². The Hall–Kier alpha value is -3.08. The van der Waals surface area contributed by atoms with E-state index in [0.29, 0.717) is 19.4 Å². The van der Waals surface area contributed by atoms with Gasteiger partial charge < -0.3 is 14.8 Å². The molecule has 150 valence electrons. The number of nitrogens with one attached hydrogen (secondary N) is 1. The van der Waals surface area contributed by atoms with E-state index in [0.717, 1.165) is 5.56 Å². The number of nitriles is 1. The average Bonchev–Trinajstić information content (AvgIpc) is 3.21. The number of ether oxygens (including phenoxy) is 2. The summed E-state index contributed by atoms with van der Waals surface area (Å²) >= 11 is 0. The van der Waals surface area contributed by atoms with Crippen molar-refractivity contribution in [3.8, 4) is 6.07 Å². The fraction of sp³-hybridized carbons (Fsp3) is 0.500. The summed E-state index contributed by atoms with van der Waals surface area (Å²) in [5.41, 5.74) is 0.854. The number of esters is 1. The molecule has 1 aromatic carbocycles. The second kappa shape index (κ2) is 10.3. The van der Waals surface area contributed by atoms with Crippen molar-refractivity contribution < 1.29 is 23.9 Å². The van der Waals surface area contributed by atoms with Gasteiger partial charge in [-0.05, 0) is 31.7 Å². The molecule has 0 spiro atoms. The zero-order valence-electron chi connectivity index (χ0n) is 16.1. The molecule has 28 heavy (non-hydrogen) atoms. The lowest BCUT2D eigenvalue weighted by Crippen LogP contribution is -2.51. The number of benzene rings is 1. The minimum absolute atomic E-state index is 0.120. The molecule has 0 saturated carbocycles. The molecule has 8 nitrogen and oxygen atoms in total. The van der Waals surface area contributed by atoms with E-state index in [1.165, 1.54) is 12.0 Å². The zero-order valence-corrected chi connectivity index (χ0v) is 16.1. The zero-order chi connectivity index (χ0) is 20.5. The van der Waals surface area contributed by atoms with E-state index in [9.17, 15) is 14.4 Å². The topological polar surface area (TPSA) is 109 Å². The SMILES string of the molecule is COC(=O)[C@@H](C[C@@H](C)C#N)NC(=O)[C@H]1CCCN1C(=O)OCc1ccccc1. The van der Waals surface area contributed by atoms with E-state index in [2.05, 4.69) is 5.32 Å². The highest BCUT2D eigenvalue weighted by molar-refractivity contribution is 5.90. The third kappa shape index (κ3) is 5.71. The first-order chi connectivity index (χ1) is 13.5. The van der Waals surface area contributed by atoms with Crippen molar-refractivity contribution in [3.63, 3.8) is 0 Å². The molecular weight excluding hydrogens is 362 g/mol. The molecule has 1 fully saturated rings. The van der Waals surface area contributed by atoms with Crippen LogP contribution in [0.3, 0.4) is 0 Å². The number of nitrogens with zero attached hydrogens (tertiary/aromatic N) is 2. The lowest BCUT2D eigenvalue weighted by Gasteiger charge is -2.25. The Morgan fingerprint density at radius 3 is 2.68 bits per heavy atom. The van der Waals surface area contributed by atoms with Gasteiger partial charge in [-0.25, -0.2) is 9.59 Å². The summed E-state index contributed by atoms with van der Waals surface area (Å²) in [7, 11) is 1.22. The molecule has 0 aliphatic carbocycles. The number of carbonyl (C=O) groups excluding carboxylic acids is 3. The van der Waals surface area contributed by atoms with Gasteiger partial charge in [0.1, 0.15) is 18.7 Å². The molecule has 1 heterocycles. The summed E-state index contributed by atoms with van der Waals surface area (Å²) < 4.78 is 10.0. The fourth-order valence-electron chi connectivity index (χ4n) is 3.09. The number of amides is 2. The highest BCUT2D eigenvalue weighted by Crippen LogP contribution is 2.20. The van der Waals surface area contributed by atoms with Gasteiger partial charge in [-0.15, -0.1) is 0 Å². The van der Waals surface area contributed by atoms with E-state index in [1.54, 1.807) is 6.92 Å². The van der Waals surface area contributed by atoms with Crippen molar-refractivity contribution in [1.29, 1.82) is 5.26 Å². The van der Waals surface area contributed by atoms with Crippen LogP contribution in [0.1, 0.15) is 31.7 Å². The first-order valence-corrected chi connectivity index (χ1v) is 9.21. The lowest BCUT2D eigenvalue weighted by atomic mass is 10.0. The fourth-order valence-corrected chi connectivity index (χ4v) is 3.09. The molecule has 0 radical (unpaired) electrons. The van der Waals surface area contributed by atoms with Crippen LogP contribution in [0.5, 0.6) is 0 Å².